The summed E-state index contributed by atoms with van der Waals surface area (Å²) in [6.07, 6.45) is 1.85. The summed E-state index contributed by atoms with van der Waals surface area (Å²) in [6.45, 7) is 4.73. The minimum atomic E-state index is -4.08. The number of thiazole rings is 1. The van der Waals surface area contributed by atoms with Gasteiger partial charge in [0.15, 0.2) is 5.13 Å². The summed E-state index contributed by atoms with van der Waals surface area (Å²) in [5.74, 6) is -7.55. The van der Waals surface area contributed by atoms with Gasteiger partial charge in [-0.05, 0) is 24.8 Å². The van der Waals surface area contributed by atoms with Crippen molar-refractivity contribution in [1.82, 2.24) is 15.3 Å². The number of amides is 1. The lowest BCUT2D eigenvalue weighted by molar-refractivity contribution is -0.172. The summed E-state index contributed by atoms with van der Waals surface area (Å²) >= 11 is 0.985. The highest BCUT2D eigenvalue weighted by atomic mass is 32.1. The maximum Gasteiger partial charge on any atom is 0.329 e. The lowest BCUT2D eigenvalue weighted by atomic mass is 9.83. The summed E-state index contributed by atoms with van der Waals surface area (Å²) in [7, 11) is 0. The molecule has 1 N–H and O–H groups in total. The van der Waals surface area contributed by atoms with E-state index in [1.165, 1.54) is 6.92 Å². The maximum atomic E-state index is 13.5. The number of halogens is 4. The van der Waals surface area contributed by atoms with Crippen molar-refractivity contribution >= 4 is 32.7 Å². The van der Waals surface area contributed by atoms with Gasteiger partial charge in [0.1, 0.15) is 10.3 Å². The molecule has 0 bridgehead atoms. The molecule has 2 aromatic rings. The van der Waals surface area contributed by atoms with E-state index in [1.54, 1.807) is 12.1 Å². The van der Waals surface area contributed by atoms with E-state index >= 15 is 0 Å². The standard InChI is InChI=1S/C19H22F4N4O3S.C2H6/c1-11(28)24-4-5-29-13-6-12(7-13)8-30-15-3-2-14-16(26-15)31-17(25-14)27-9-18(20,21)19(22,23)10-27;1-2/h2-3,12-13H,4-10H2,1H3,(H,24,28);1-2H3. The number of hydrogen-bond donors (Lipinski definition) is 1. The fourth-order valence-electron chi connectivity index (χ4n) is 3.51. The van der Waals surface area contributed by atoms with Crippen molar-refractivity contribution in [3.63, 3.8) is 0 Å². The van der Waals surface area contributed by atoms with Gasteiger partial charge in [-0.2, -0.15) is 17.6 Å². The first kappa shape index (κ1) is 25.4. The fourth-order valence-corrected chi connectivity index (χ4v) is 4.44. The molecular weight excluding hydrogens is 464 g/mol. The Kier molecular flexibility index (Phi) is 7.99. The number of ether oxygens (including phenoxy) is 2. The van der Waals surface area contributed by atoms with E-state index in [-0.39, 0.29) is 17.1 Å². The highest BCUT2D eigenvalue weighted by Gasteiger charge is 2.63. The average molecular weight is 493 g/mol. The molecule has 2 aliphatic rings. The predicted octanol–water partition coefficient (Wildman–Crippen LogP) is 4.12. The van der Waals surface area contributed by atoms with Crippen LogP contribution in [0.1, 0.15) is 33.6 Å². The zero-order chi connectivity index (χ0) is 24.2. The molecule has 1 saturated carbocycles. The van der Waals surface area contributed by atoms with Gasteiger partial charge in [-0.1, -0.05) is 25.2 Å². The Hall–Kier alpha value is -2.21. The van der Waals surface area contributed by atoms with Crippen LogP contribution >= 0.6 is 11.3 Å². The quantitative estimate of drug-likeness (QED) is 0.441. The van der Waals surface area contributed by atoms with Gasteiger partial charge in [0.25, 0.3) is 0 Å². The number of nitrogens with one attached hydrogen (secondary N) is 1. The van der Waals surface area contributed by atoms with Crippen LogP contribution in [0.5, 0.6) is 5.88 Å². The predicted molar refractivity (Wildman–Crippen MR) is 118 cm³/mol. The molecule has 4 rings (SSSR count). The number of rotatable bonds is 8. The van der Waals surface area contributed by atoms with Crippen molar-refractivity contribution in [1.29, 1.82) is 0 Å². The topological polar surface area (TPSA) is 76.6 Å². The third kappa shape index (κ3) is 6.03. The van der Waals surface area contributed by atoms with Crippen molar-refractivity contribution in [3.8, 4) is 5.88 Å². The normalized spacial score (nSPS) is 22.9. The molecule has 3 heterocycles. The van der Waals surface area contributed by atoms with Gasteiger partial charge in [0, 0.05) is 19.5 Å². The van der Waals surface area contributed by atoms with E-state index < -0.39 is 24.9 Å². The molecule has 2 fully saturated rings. The molecule has 1 amide bonds. The van der Waals surface area contributed by atoms with Crippen LogP contribution in [0, 0.1) is 5.92 Å². The first-order valence-corrected chi connectivity index (χ1v) is 11.7. The van der Waals surface area contributed by atoms with Crippen molar-refractivity contribution in [2.45, 2.75) is 51.6 Å². The van der Waals surface area contributed by atoms with Crippen molar-refractivity contribution in [2.24, 2.45) is 5.92 Å². The Morgan fingerprint density at radius 3 is 2.48 bits per heavy atom. The highest BCUT2D eigenvalue weighted by molar-refractivity contribution is 7.21. The van der Waals surface area contributed by atoms with E-state index in [0.717, 1.165) is 29.1 Å². The van der Waals surface area contributed by atoms with E-state index in [4.69, 9.17) is 9.47 Å². The molecule has 0 atom stereocenters. The molecule has 33 heavy (non-hydrogen) atoms. The molecule has 12 heteroatoms. The SMILES string of the molecule is CC.CC(=O)NCCOC1CC(COc2ccc3nc(N4CC(F)(F)C(F)(F)C4)sc3n2)C1. The highest BCUT2D eigenvalue weighted by Crippen LogP contribution is 2.44. The Balaban J connectivity index is 0.00000149. The third-order valence-corrected chi connectivity index (χ3v) is 6.32. The van der Waals surface area contributed by atoms with Crippen LogP contribution in [0.25, 0.3) is 10.3 Å². The van der Waals surface area contributed by atoms with Crippen LogP contribution in [-0.2, 0) is 9.53 Å². The summed E-state index contributed by atoms with van der Waals surface area (Å²) in [5, 5.41) is 2.76. The number of alkyl halides is 4. The van der Waals surface area contributed by atoms with Crippen LogP contribution in [0.4, 0.5) is 22.7 Å². The first-order valence-electron chi connectivity index (χ1n) is 10.9. The van der Waals surface area contributed by atoms with E-state index in [1.807, 2.05) is 13.8 Å². The zero-order valence-corrected chi connectivity index (χ0v) is 19.6. The number of carbonyl (C=O) groups excluding carboxylic acids is 1. The van der Waals surface area contributed by atoms with Crippen LogP contribution in [0.15, 0.2) is 12.1 Å². The summed E-state index contributed by atoms with van der Waals surface area (Å²) in [6, 6.07) is 3.26. The minimum Gasteiger partial charge on any atom is -0.477 e. The minimum absolute atomic E-state index is 0.0858. The van der Waals surface area contributed by atoms with Gasteiger partial charge in [0.2, 0.25) is 11.8 Å². The number of hydrogen-bond acceptors (Lipinski definition) is 7. The smallest absolute Gasteiger partial charge is 0.329 e. The second-order valence-corrected chi connectivity index (χ2v) is 8.82. The second kappa shape index (κ2) is 10.4. The molecule has 1 saturated heterocycles. The Morgan fingerprint density at radius 1 is 1.18 bits per heavy atom. The number of pyridine rings is 1. The molecule has 2 aromatic heterocycles. The Bertz CT molecular complexity index is 937. The fraction of sp³-hybridized carbons (Fsp3) is 0.667. The number of carbonyl (C=O) groups is 1. The van der Waals surface area contributed by atoms with Gasteiger partial charge < -0.3 is 19.7 Å². The average Bonchev–Trinajstić information content (AvgIpc) is 3.24. The summed E-state index contributed by atoms with van der Waals surface area (Å²) in [4.78, 5) is 20.6. The lowest BCUT2D eigenvalue weighted by Gasteiger charge is -2.34. The van der Waals surface area contributed by atoms with Gasteiger partial charge in [-0.15, -0.1) is 0 Å². The number of anilines is 1. The first-order chi connectivity index (χ1) is 15.6. The number of nitrogens with zero attached hydrogens (tertiary/aromatic N) is 3. The third-order valence-electron chi connectivity index (χ3n) is 5.29. The Labute approximate surface area is 193 Å². The molecule has 7 nitrogen and oxygen atoms in total. The maximum absolute atomic E-state index is 13.5. The largest absolute Gasteiger partial charge is 0.477 e. The monoisotopic (exact) mass is 492 g/mol. The van der Waals surface area contributed by atoms with Crippen LogP contribution in [0.2, 0.25) is 0 Å². The Morgan fingerprint density at radius 2 is 1.85 bits per heavy atom. The van der Waals surface area contributed by atoms with Crippen molar-refractivity contribution < 1.29 is 31.8 Å². The lowest BCUT2D eigenvalue weighted by Crippen LogP contribution is -2.38. The second-order valence-electron chi connectivity index (χ2n) is 7.86. The van der Waals surface area contributed by atoms with Crippen LogP contribution in [0.3, 0.4) is 0 Å². The van der Waals surface area contributed by atoms with Gasteiger partial charge >= 0.3 is 11.8 Å². The number of aromatic nitrogens is 2. The molecule has 0 aromatic carbocycles. The van der Waals surface area contributed by atoms with Gasteiger partial charge in [-0.3, -0.25) is 4.79 Å². The van der Waals surface area contributed by atoms with Crippen molar-refractivity contribution in [3.05, 3.63) is 12.1 Å². The molecule has 1 aliphatic heterocycles. The van der Waals surface area contributed by atoms with E-state index in [0.29, 0.717) is 41.9 Å². The summed E-state index contributed by atoms with van der Waals surface area (Å²) in [5.41, 5.74) is 0.446. The van der Waals surface area contributed by atoms with E-state index in [2.05, 4.69) is 15.3 Å². The van der Waals surface area contributed by atoms with Crippen LogP contribution < -0.4 is 15.0 Å². The molecule has 0 unspecified atom stereocenters. The molecule has 184 valence electrons. The van der Waals surface area contributed by atoms with Gasteiger partial charge in [0.05, 0.1) is 32.4 Å². The molecule has 1 aliphatic carbocycles. The van der Waals surface area contributed by atoms with Crippen molar-refractivity contribution in [2.75, 3.05) is 37.7 Å². The molecule has 0 spiro atoms. The summed E-state index contributed by atoms with van der Waals surface area (Å²) < 4.78 is 65.2. The molecular formula is C21H28F4N4O3S. The molecule has 0 radical (unpaired) electrons. The zero-order valence-electron chi connectivity index (χ0n) is 18.7. The van der Waals surface area contributed by atoms with Crippen LogP contribution in [-0.4, -0.2) is 66.7 Å². The number of fused-ring (bicyclic) bond motifs is 1. The van der Waals surface area contributed by atoms with Gasteiger partial charge in [-0.25, -0.2) is 9.97 Å². The van der Waals surface area contributed by atoms with E-state index in [9.17, 15) is 22.4 Å².